The van der Waals surface area contributed by atoms with Gasteiger partial charge in [-0.15, -0.1) is 0 Å². The van der Waals surface area contributed by atoms with Crippen LogP contribution in [-0.2, 0) is 6.42 Å². The molecule has 1 saturated heterocycles. The summed E-state index contributed by atoms with van der Waals surface area (Å²) < 4.78 is 5.43. The number of aromatic nitrogens is 1. The smallest absolute Gasteiger partial charge is 0.128 e. The van der Waals surface area contributed by atoms with Gasteiger partial charge in [0.1, 0.15) is 11.6 Å². The molecule has 4 heteroatoms. The summed E-state index contributed by atoms with van der Waals surface area (Å²) in [5.41, 5.74) is 4.38. The fourth-order valence-electron chi connectivity index (χ4n) is 4.18. The lowest BCUT2D eigenvalue weighted by molar-refractivity contribution is 0.255. The van der Waals surface area contributed by atoms with Crippen molar-refractivity contribution >= 4 is 11.4 Å². The van der Waals surface area contributed by atoms with Gasteiger partial charge in [-0.2, -0.15) is 0 Å². The van der Waals surface area contributed by atoms with Gasteiger partial charge in [-0.1, -0.05) is 18.2 Å². The number of pyridine rings is 1. The summed E-state index contributed by atoms with van der Waals surface area (Å²) in [5.74, 6) is 2.07. The van der Waals surface area contributed by atoms with Crippen LogP contribution in [0.1, 0.15) is 30.4 Å². The first-order valence-corrected chi connectivity index (χ1v) is 10.1. The summed E-state index contributed by atoms with van der Waals surface area (Å²) in [6, 6.07) is 12.7. The molecule has 0 saturated carbocycles. The highest BCUT2D eigenvalue weighted by Gasteiger charge is 2.18. The Labute approximate surface area is 162 Å². The molecular weight excluding hydrogens is 334 g/mol. The van der Waals surface area contributed by atoms with Crippen molar-refractivity contribution in [3.8, 4) is 5.75 Å². The zero-order chi connectivity index (χ0) is 18.5. The number of nitrogens with zero attached hydrogens (tertiary/aromatic N) is 3. The largest absolute Gasteiger partial charge is 0.497 e. The van der Waals surface area contributed by atoms with Crippen LogP contribution < -0.4 is 9.64 Å². The number of allylic oxidation sites excluding steroid dienone is 2. The van der Waals surface area contributed by atoms with E-state index in [-0.39, 0.29) is 0 Å². The molecule has 0 radical (unpaired) electrons. The Hall–Kier alpha value is -2.33. The van der Waals surface area contributed by atoms with Crippen LogP contribution >= 0.6 is 0 Å². The number of rotatable bonds is 6. The molecule has 4 nitrogen and oxygen atoms in total. The van der Waals surface area contributed by atoms with E-state index in [9.17, 15) is 0 Å². The van der Waals surface area contributed by atoms with Crippen molar-refractivity contribution in [1.82, 2.24) is 9.88 Å². The number of hydrogen-bond acceptors (Lipinski definition) is 4. The fraction of sp³-hybridized carbons (Fsp3) is 0.435. The first kappa shape index (κ1) is 18.1. The van der Waals surface area contributed by atoms with Crippen LogP contribution in [0, 0.1) is 0 Å². The molecule has 4 rings (SSSR count). The number of piperazine rings is 1. The van der Waals surface area contributed by atoms with Crippen LogP contribution in [0.4, 0.5) is 5.82 Å². The molecule has 1 fully saturated rings. The highest BCUT2D eigenvalue weighted by atomic mass is 16.5. The van der Waals surface area contributed by atoms with Gasteiger partial charge >= 0.3 is 0 Å². The molecule has 0 bridgehead atoms. The van der Waals surface area contributed by atoms with Crippen LogP contribution in [-0.4, -0.2) is 49.7 Å². The molecular formula is C23H29N3O. The van der Waals surface area contributed by atoms with Gasteiger partial charge in [0.05, 0.1) is 7.11 Å². The monoisotopic (exact) mass is 363 g/mol. The normalized spacial score (nSPS) is 17.4. The number of hydrogen-bond donors (Lipinski definition) is 0. The number of anilines is 1. The van der Waals surface area contributed by atoms with Crippen molar-refractivity contribution in [2.45, 2.75) is 25.7 Å². The van der Waals surface area contributed by atoms with Gasteiger partial charge in [0, 0.05) is 32.4 Å². The van der Waals surface area contributed by atoms with Crippen molar-refractivity contribution in [2.75, 3.05) is 44.7 Å². The predicted molar refractivity (Wildman–Crippen MR) is 111 cm³/mol. The molecule has 27 heavy (non-hydrogen) atoms. The van der Waals surface area contributed by atoms with Crippen molar-refractivity contribution in [3.63, 3.8) is 0 Å². The van der Waals surface area contributed by atoms with Gasteiger partial charge < -0.3 is 9.64 Å². The summed E-state index contributed by atoms with van der Waals surface area (Å²) in [7, 11) is 1.75. The minimum Gasteiger partial charge on any atom is -0.497 e. The minimum atomic E-state index is 0.965. The SMILES string of the molecule is COc1ccc2c(c1)C(CCCN1CCN(c3ccccn3)CC1)=CCC2. The third kappa shape index (κ3) is 4.33. The third-order valence-corrected chi connectivity index (χ3v) is 5.73. The second kappa shape index (κ2) is 8.57. The van der Waals surface area contributed by atoms with Crippen LogP contribution in [0.25, 0.3) is 5.57 Å². The van der Waals surface area contributed by atoms with E-state index in [1.807, 2.05) is 12.3 Å². The molecule has 0 atom stereocenters. The molecule has 0 spiro atoms. The van der Waals surface area contributed by atoms with Crippen molar-refractivity contribution in [3.05, 3.63) is 59.8 Å². The Morgan fingerprint density at radius 3 is 2.74 bits per heavy atom. The number of fused-ring (bicyclic) bond motifs is 1. The molecule has 2 aromatic rings. The number of methoxy groups -OCH3 is 1. The number of benzene rings is 1. The maximum absolute atomic E-state index is 5.43. The molecule has 142 valence electrons. The Kier molecular flexibility index (Phi) is 5.73. The number of ether oxygens (including phenoxy) is 1. The van der Waals surface area contributed by atoms with Crippen molar-refractivity contribution in [2.24, 2.45) is 0 Å². The molecule has 1 aromatic heterocycles. The molecule has 0 amide bonds. The van der Waals surface area contributed by atoms with E-state index in [0.717, 1.165) is 57.0 Å². The lowest BCUT2D eigenvalue weighted by Crippen LogP contribution is -2.46. The second-order valence-electron chi connectivity index (χ2n) is 7.41. The molecule has 2 heterocycles. The maximum Gasteiger partial charge on any atom is 0.128 e. The highest BCUT2D eigenvalue weighted by Crippen LogP contribution is 2.32. The standard InChI is InChI=1S/C23H29N3O/c1-27-21-11-10-20-7-4-6-19(22(20)18-21)8-5-13-25-14-16-26(17-15-25)23-9-2-3-12-24-23/h2-3,6,9-12,18H,4-5,7-8,13-17H2,1H3. The summed E-state index contributed by atoms with van der Waals surface area (Å²) in [4.78, 5) is 9.46. The van der Waals surface area contributed by atoms with E-state index >= 15 is 0 Å². The predicted octanol–water partition coefficient (Wildman–Crippen LogP) is 4.02. The van der Waals surface area contributed by atoms with E-state index in [1.165, 1.54) is 29.7 Å². The summed E-state index contributed by atoms with van der Waals surface area (Å²) in [6.07, 6.45) is 9.00. The lowest BCUT2D eigenvalue weighted by Gasteiger charge is -2.35. The molecule has 2 aliphatic rings. The Bertz CT molecular complexity index is 779. The van der Waals surface area contributed by atoms with Crippen molar-refractivity contribution < 1.29 is 4.74 Å². The van der Waals surface area contributed by atoms with Crippen LogP contribution in [0.15, 0.2) is 48.7 Å². The summed E-state index contributed by atoms with van der Waals surface area (Å²) in [5, 5.41) is 0. The van der Waals surface area contributed by atoms with Crippen LogP contribution in [0.3, 0.4) is 0 Å². The molecule has 0 N–H and O–H groups in total. The fourth-order valence-corrected chi connectivity index (χ4v) is 4.18. The average Bonchev–Trinajstić information content (AvgIpc) is 2.74. The van der Waals surface area contributed by atoms with Crippen molar-refractivity contribution in [1.29, 1.82) is 0 Å². The summed E-state index contributed by atoms with van der Waals surface area (Å²) >= 11 is 0. The molecule has 1 aromatic carbocycles. The van der Waals surface area contributed by atoms with Gasteiger partial charge in [0.2, 0.25) is 0 Å². The van der Waals surface area contributed by atoms with Gasteiger partial charge in [-0.25, -0.2) is 4.98 Å². The van der Waals surface area contributed by atoms with E-state index in [1.54, 1.807) is 7.11 Å². The second-order valence-corrected chi connectivity index (χ2v) is 7.41. The first-order chi connectivity index (χ1) is 13.3. The molecule has 1 aliphatic carbocycles. The first-order valence-electron chi connectivity index (χ1n) is 10.1. The Morgan fingerprint density at radius 2 is 1.96 bits per heavy atom. The zero-order valence-electron chi connectivity index (χ0n) is 16.2. The van der Waals surface area contributed by atoms with E-state index < -0.39 is 0 Å². The van der Waals surface area contributed by atoms with Gasteiger partial charge in [0.25, 0.3) is 0 Å². The van der Waals surface area contributed by atoms with E-state index in [2.05, 4.69) is 51.2 Å². The van der Waals surface area contributed by atoms with Gasteiger partial charge in [-0.3, -0.25) is 4.90 Å². The Morgan fingerprint density at radius 1 is 1.07 bits per heavy atom. The topological polar surface area (TPSA) is 28.6 Å². The lowest BCUT2D eigenvalue weighted by atomic mass is 9.88. The van der Waals surface area contributed by atoms with E-state index in [0.29, 0.717) is 0 Å². The Balaban J connectivity index is 1.27. The summed E-state index contributed by atoms with van der Waals surface area (Å²) in [6.45, 7) is 5.56. The third-order valence-electron chi connectivity index (χ3n) is 5.73. The minimum absolute atomic E-state index is 0.965. The number of aryl methyl sites for hydroxylation is 1. The molecule has 1 aliphatic heterocycles. The average molecular weight is 364 g/mol. The van der Waals surface area contributed by atoms with E-state index in [4.69, 9.17) is 4.74 Å². The zero-order valence-corrected chi connectivity index (χ0v) is 16.2. The quantitative estimate of drug-likeness (QED) is 0.775. The molecule has 0 unspecified atom stereocenters. The maximum atomic E-state index is 5.43. The van der Waals surface area contributed by atoms with Crippen LogP contribution in [0.5, 0.6) is 5.75 Å². The van der Waals surface area contributed by atoms with Gasteiger partial charge in [-0.05, 0) is 73.2 Å². The highest BCUT2D eigenvalue weighted by molar-refractivity contribution is 5.71. The van der Waals surface area contributed by atoms with Crippen LogP contribution in [0.2, 0.25) is 0 Å². The van der Waals surface area contributed by atoms with Gasteiger partial charge in [0.15, 0.2) is 0 Å².